The van der Waals surface area contributed by atoms with Crippen LogP contribution in [0.15, 0.2) is 12.2 Å². The topological polar surface area (TPSA) is 37.3 Å². The third-order valence-electron chi connectivity index (χ3n) is 3.38. The van der Waals surface area contributed by atoms with Crippen molar-refractivity contribution in [3.63, 3.8) is 0 Å². The Hall–Kier alpha value is -0.0900. The Morgan fingerprint density at radius 3 is 2.89 bits per heavy atom. The van der Waals surface area contributed by atoms with Crippen LogP contribution in [0.5, 0.6) is 0 Å². The fourth-order valence-corrected chi connectivity index (χ4v) is 5.06. The second kappa shape index (κ2) is 10.7. The molecule has 0 aliphatic carbocycles. The predicted molar refractivity (Wildman–Crippen MR) is 87.2 cm³/mol. The maximum atomic E-state index is 10.4. The zero-order chi connectivity index (χ0) is 13.9. The molecule has 1 aliphatic heterocycles. The first-order valence-corrected chi connectivity index (χ1v) is 9.57. The van der Waals surface area contributed by atoms with Gasteiger partial charge in [-0.3, -0.25) is 4.79 Å². The molecule has 0 spiro atoms. The zero-order valence-electron chi connectivity index (χ0n) is 11.8. The van der Waals surface area contributed by atoms with Crippen molar-refractivity contribution in [1.82, 2.24) is 0 Å². The van der Waals surface area contributed by atoms with E-state index in [1.165, 1.54) is 35.9 Å². The third-order valence-corrected chi connectivity index (χ3v) is 6.07. The fraction of sp³-hybridized carbons (Fsp3) is 0.800. The highest BCUT2D eigenvalue weighted by Crippen LogP contribution is 2.34. The Kier molecular flexibility index (Phi) is 9.52. The molecule has 1 N–H and O–H groups in total. The summed E-state index contributed by atoms with van der Waals surface area (Å²) >= 11 is 4.20. The van der Waals surface area contributed by atoms with Crippen molar-refractivity contribution < 1.29 is 9.90 Å². The summed E-state index contributed by atoms with van der Waals surface area (Å²) < 4.78 is 0. The highest BCUT2D eigenvalue weighted by atomic mass is 32.2. The fourth-order valence-electron chi connectivity index (χ4n) is 2.23. The molecule has 0 aromatic rings. The second-order valence-electron chi connectivity index (χ2n) is 5.13. The van der Waals surface area contributed by atoms with Crippen molar-refractivity contribution in [2.75, 3.05) is 23.0 Å². The SMILES string of the molecule is CCCSC[C@@H]1CSC[C@@H]1C/C=C\CCCC(=O)O. The van der Waals surface area contributed by atoms with Gasteiger partial charge in [0.05, 0.1) is 0 Å². The molecule has 0 unspecified atom stereocenters. The summed E-state index contributed by atoms with van der Waals surface area (Å²) in [6.45, 7) is 2.24. The third kappa shape index (κ3) is 7.93. The number of carboxylic acids is 1. The van der Waals surface area contributed by atoms with Gasteiger partial charge in [-0.1, -0.05) is 19.1 Å². The number of hydrogen-bond donors (Lipinski definition) is 1. The number of allylic oxidation sites excluding steroid dienone is 2. The lowest BCUT2D eigenvalue weighted by molar-refractivity contribution is -0.137. The summed E-state index contributed by atoms with van der Waals surface area (Å²) in [7, 11) is 0. The minimum Gasteiger partial charge on any atom is -0.481 e. The molecule has 0 aromatic heterocycles. The molecule has 1 saturated heterocycles. The van der Waals surface area contributed by atoms with Gasteiger partial charge in [-0.05, 0) is 60.5 Å². The van der Waals surface area contributed by atoms with Gasteiger partial charge in [0.2, 0.25) is 0 Å². The Labute approximate surface area is 125 Å². The summed E-state index contributed by atoms with van der Waals surface area (Å²) in [4.78, 5) is 10.4. The largest absolute Gasteiger partial charge is 0.481 e. The van der Waals surface area contributed by atoms with Gasteiger partial charge >= 0.3 is 5.97 Å². The molecule has 0 aromatic carbocycles. The summed E-state index contributed by atoms with van der Waals surface area (Å²) in [5.74, 6) is 6.27. The summed E-state index contributed by atoms with van der Waals surface area (Å²) in [6.07, 6.45) is 8.86. The lowest BCUT2D eigenvalue weighted by Crippen LogP contribution is -2.14. The van der Waals surface area contributed by atoms with Crippen molar-refractivity contribution in [3.8, 4) is 0 Å². The first-order chi connectivity index (χ1) is 9.24. The number of carboxylic acid groups (broad SMARTS) is 1. The normalized spacial score (nSPS) is 23.2. The molecule has 0 radical (unpaired) electrons. The molecule has 1 aliphatic rings. The molecule has 0 bridgehead atoms. The van der Waals surface area contributed by atoms with Gasteiger partial charge in [-0.15, -0.1) is 0 Å². The van der Waals surface area contributed by atoms with Gasteiger partial charge in [0, 0.05) is 6.42 Å². The van der Waals surface area contributed by atoms with E-state index >= 15 is 0 Å². The van der Waals surface area contributed by atoms with Crippen molar-refractivity contribution in [2.45, 2.75) is 39.0 Å². The first-order valence-electron chi connectivity index (χ1n) is 7.26. The lowest BCUT2D eigenvalue weighted by atomic mass is 9.94. The van der Waals surface area contributed by atoms with E-state index in [-0.39, 0.29) is 0 Å². The van der Waals surface area contributed by atoms with Gasteiger partial charge in [-0.25, -0.2) is 0 Å². The maximum absolute atomic E-state index is 10.4. The van der Waals surface area contributed by atoms with Crippen LogP contribution in [0.1, 0.15) is 39.0 Å². The molecule has 2 nitrogen and oxygen atoms in total. The Balaban J connectivity index is 2.12. The van der Waals surface area contributed by atoms with Crippen LogP contribution < -0.4 is 0 Å². The van der Waals surface area contributed by atoms with Crippen LogP contribution in [-0.2, 0) is 4.79 Å². The second-order valence-corrected chi connectivity index (χ2v) is 7.35. The van der Waals surface area contributed by atoms with Crippen LogP contribution in [0.4, 0.5) is 0 Å². The van der Waals surface area contributed by atoms with E-state index in [1.54, 1.807) is 0 Å². The van der Waals surface area contributed by atoms with E-state index in [0.717, 1.165) is 24.7 Å². The van der Waals surface area contributed by atoms with Crippen molar-refractivity contribution in [1.29, 1.82) is 0 Å². The molecule has 2 atom stereocenters. The van der Waals surface area contributed by atoms with Crippen LogP contribution in [0.3, 0.4) is 0 Å². The van der Waals surface area contributed by atoms with Crippen LogP contribution in [-0.4, -0.2) is 34.1 Å². The van der Waals surface area contributed by atoms with Gasteiger partial charge in [-0.2, -0.15) is 23.5 Å². The monoisotopic (exact) mass is 302 g/mol. The highest BCUT2D eigenvalue weighted by molar-refractivity contribution is 8.00. The maximum Gasteiger partial charge on any atom is 0.303 e. The average molecular weight is 303 g/mol. The molecule has 110 valence electrons. The smallest absolute Gasteiger partial charge is 0.303 e. The minimum absolute atomic E-state index is 0.292. The highest BCUT2D eigenvalue weighted by Gasteiger charge is 2.26. The van der Waals surface area contributed by atoms with Gasteiger partial charge in [0.15, 0.2) is 0 Å². The minimum atomic E-state index is -0.686. The van der Waals surface area contributed by atoms with E-state index in [0.29, 0.717) is 6.42 Å². The number of carbonyl (C=O) groups is 1. The Bertz CT molecular complexity index is 279. The molecular weight excluding hydrogens is 276 g/mol. The molecule has 1 heterocycles. The van der Waals surface area contributed by atoms with E-state index in [2.05, 4.69) is 42.6 Å². The molecule has 1 rings (SSSR count). The van der Waals surface area contributed by atoms with Gasteiger partial charge < -0.3 is 5.11 Å². The standard InChI is InChI=1S/C15H26O2S2/c1-2-9-18-11-14-12-19-10-13(14)7-5-3-4-6-8-15(16)17/h3,5,13-14H,2,4,6-12H2,1H3,(H,16,17)/b5-3-/t13-,14+/m0/s1. The van der Waals surface area contributed by atoms with Crippen molar-refractivity contribution >= 4 is 29.5 Å². The van der Waals surface area contributed by atoms with Crippen LogP contribution in [0.2, 0.25) is 0 Å². The average Bonchev–Trinajstić information content (AvgIpc) is 2.81. The first kappa shape index (κ1) is 17.0. The lowest BCUT2D eigenvalue weighted by Gasteiger charge is -2.16. The van der Waals surface area contributed by atoms with Crippen LogP contribution in [0, 0.1) is 11.8 Å². The van der Waals surface area contributed by atoms with Gasteiger partial charge in [0.1, 0.15) is 0 Å². The summed E-state index contributed by atoms with van der Waals surface area (Å²) in [6, 6.07) is 0. The number of unbranched alkanes of at least 4 members (excludes halogenated alkanes) is 1. The summed E-state index contributed by atoms with van der Waals surface area (Å²) in [5.41, 5.74) is 0. The Morgan fingerprint density at radius 1 is 1.37 bits per heavy atom. The van der Waals surface area contributed by atoms with Gasteiger partial charge in [0.25, 0.3) is 0 Å². The van der Waals surface area contributed by atoms with E-state index < -0.39 is 5.97 Å². The van der Waals surface area contributed by atoms with Crippen molar-refractivity contribution in [2.24, 2.45) is 11.8 Å². The molecular formula is C15H26O2S2. The number of hydrogen-bond acceptors (Lipinski definition) is 3. The van der Waals surface area contributed by atoms with E-state index in [4.69, 9.17) is 5.11 Å². The van der Waals surface area contributed by atoms with E-state index in [1.807, 2.05) is 0 Å². The van der Waals surface area contributed by atoms with Crippen LogP contribution in [0.25, 0.3) is 0 Å². The molecule has 19 heavy (non-hydrogen) atoms. The molecule has 4 heteroatoms. The molecule has 0 amide bonds. The molecule has 0 saturated carbocycles. The summed E-state index contributed by atoms with van der Waals surface area (Å²) in [5, 5.41) is 8.55. The number of rotatable bonds is 10. The quantitative estimate of drug-likeness (QED) is 0.482. The Morgan fingerprint density at radius 2 is 2.16 bits per heavy atom. The predicted octanol–water partition coefficient (Wildman–Crippen LogP) is 4.31. The van der Waals surface area contributed by atoms with E-state index in [9.17, 15) is 4.79 Å². The number of aliphatic carboxylic acids is 1. The van der Waals surface area contributed by atoms with Crippen molar-refractivity contribution in [3.05, 3.63) is 12.2 Å². The number of thioether (sulfide) groups is 2. The zero-order valence-corrected chi connectivity index (χ0v) is 13.5. The van der Waals surface area contributed by atoms with Crippen LogP contribution >= 0.6 is 23.5 Å². The molecule has 1 fully saturated rings.